The van der Waals surface area contributed by atoms with Gasteiger partial charge in [0, 0.05) is 13.1 Å². The first-order valence-electron chi connectivity index (χ1n) is 6.81. The zero-order valence-electron chi connectivity index (χ0n) is 11.4. The second-order valence-corrected chi connectivity index (χ2v) is 6.87. The Morgan fingerprint density at radius 1 is 1.43 bits per heavy atom. The summed E-state index contributed by atoms with van der Waals surface area (Å²) in [6.45, 7) is 2.54. The van der Waals surface area contributed by atoms with Gasteiger partial charge in [-0.05, 0) is 25.0 Å². The minimum atomic E-state index is -0.0330. The van der Waals surface area contributed by atoms with Crippen LogP contribution >= 0.6 is 23.1 Å². The molecule has 2 aromatic heterocycles. The average Bonchev–Trinajstić information content (AvgIpc) is 3.24. The fraction of sp³-hybridized carbons (Fsp3) is 0.462. The first-order chi connectivity index (χ1) is 10.3. The molecule has 6 nitrogen and oxygen atoms in total. The number of nitrogens with one attached hydrogen (secondary N) is 1. The van der Waals surface area contributed by atoms with Crippen molar-refractivity contribution >= 4 is 34.1 Å². The molecule has 0 saturated carbocycles. The second-order valence-electron chi connectivity index (χ2n) is 4.69. The van der Waals surface area contributed by atoms with Crippen LogP contribution < -0.4 is 10.2 Å². The minimum absolute atomic E-state index is 0.0330. The molecule has 8 heteroatoms. The van der Waals surface area contributed by atoms with E-state index in [-0.39, 0.29) is 5.91 Å². The van der Waals surface area contributed by atoms with Crippen molar-refractivity contribution in [1.82, 2.24) is 15.5 Å². The van der Waals surface area contributed by atoms with E-state index in [1.54, 1.807) is 23.7 Å². The number of rotatable bonds is 6. The molecule has 0 atom stereocenters. The number of furan rings is 1. The van der Waals surface area contributed by atoms with E-state index in [9.17, 15) is 4.79 Å². The lowest BCUT2D eigenvalue weighted by Crippen LogP contribution is -2.24. The zero-order chi connectivity index (χ0) is 14.5. The summed E-state index contributed by atoms with van der Waals surface area (Å²) < 4.78 is 6.00. The Kier molecular flexibility index (Phi) is 4.76. The van der Waals surface area contributed by atoms with Crippen molar-refractivity contribution < 1.29 is 9.21 Å². The number of carbonyl (C=O) groups excluding carboxylic acids is 1. The molecule has 21 heavy (non-hydrogen) atoms. The van der Waals surface area contributed by atoms with Gasteiger partial charge in [-0.2, -0.15) is 0 Å². The van der Waals surface area contributed by atoms with Crippen LogP contribution in [0.15, 0.2) is 27.2 Å². The van der Waals surface area contributed by atoms with Crippen LogP contribution in [0.4, 0.5) is 5.13 Å². The molecular weight excluding hydrogens is 308 g/mol. The van der Waals surface area contributed by atoms with E-state index >= 15 is 0 Å². The highest BCUT2D eigenvalue weighted by Gasteiger charge is 2.17. The third kappa shape index (κ3) is 3.98. The Labute approximate surface area is 130 Å². The lowest BCUT2D eigenvalue weighted by atomic mass is 10.4. The molecule has 1 saturated heterocycles. The van der Waals surface area contributed by atoms with Gasteiger partial charge in [0.25, 0.3) is 0 Å². The molecule has 1 fully saturated rings. The molecule has 2 aromatic rings. The standard InChI is InChI=1S/C13H16N4O2S2/c18-11(14-8-10-4-3-7-19-10)9-20-13-16-15-12(21-13)17-5-1-2-6-17/h3-4,7H,1-2,5-6,8-9H2,(H,14,18). The first kappa shape index (κ1) is 14.4. The van der Waals surface area contributed by atoms with Crippen LogP contribution in [0.3, 0.4) is 0 Å². The summed E-state index contributed by atoms with van der Waals surface area (Å²) in [7, 11) is 0. The van der Waals surface area contributed by atoms with Crippen LogP contribution in [0.2, 0.25) is 0 Å². The number of hydrogen-bond donors (Lipinski definition) is 1. The number of hydrogen-bond acceptors (Lipinski definition) is 7. The first-order valence-corrected chi connectivity index (χ1v) is 8.62. The maximum Gasteiger partial charge on any atom is 0.230 e. The summed E-state index contributed by atoms with van der Waals surface area (Å²) in [6.07, 6.45) is 4.03. The molecule has 3 rings (SSSR count). The lowest BCUT2D eigenvalue weighted by Gasteiger charge is -2.10. The van der Waals surface area contributed by atoms with E-state index in [1.807, 2.05) is 6.07 Å². The number of aromatic nitrogens is 2. The zero-order valence-corrected chi connectivity index (χ0v) is 13.1. The van der Waals surface area contributed by atoms with Crippen LogP contribution in [-0.4, -0.2) is 34.9 Å². The van der Waals surface area contributed by atoms with Crippen molar-refractivity contribution in [1.29, 1.82) is 0 Å². The van der Waals surface area contributed by atoms with Crippen molar-refractivity contribution in [3.8, 4) is 0 Å². The van der Waals surface area contributed by atoms with Gasteiger partial charge in [-0.25, -0.2) is 0 Å². The lowest BCUT2D eigenvalue weighted by molar-refractivity contribution is -0.118. The number of nitrogens with zero attached hydrogens (tertiary/aromatic N) is 3. The highest BCUT2D eigenvalue weighted by Crippen LogP contribution is 2.29. The van der Waals surface area contributed by atoms with Crippen LogP contribution in [-0.2, 0) is 11.3 Å². The van der Waals surface area contributed by atoms with Gasteiger partial charge in [0.2, 0.25) is 11.0 Å². The van der Waals surface area contributed by atoms with Crippen molar-refractivity contribution in [2.75, 3.05) is 23.7 Å². The predicted octanol–water partition coefficient (Wildman–Crippen LogP) is 2.14. The van der Waals surface area contributed by atoms with Gasteiger partial charge in [-0.3, -0.25) is 4.79 Å². The molecule has 3 heterocycles. The van der Waals surface area contributed by atoms with Crippen LogP contribution in [0.5, 0.6) is 0 Å². The van der Waals surface area contributed by atoms with E-state index in [1.165, 1.54) is 24.6 Å². The molecule has 0 spiro atoms. The molecule has 0 aliphatic carbocycles. The van der Waals surface area contributed by atoms with E-state index in [2.05, 4.69) is 20.4 Å². The number of carbonyl (C=O) groups is 1. The van der Waals surface area contributed by atoms with E-state index in [0.717, 1.165) is 28.3 Å². The van der Waals surface area contributed by atoms with Crippen LogP contribution in [0.1, 0.15) is 18.6 Å². The van der Waals surface area contributed by atoms with Crippen molar-refractivity contribution in [3.63, 3.8) is 0 Å². The highest BCUT2D eigenvalue weighted by atomic mass is 32.2. The van der Waals surface area contributed by atoms with E-state index in [4.69, 9.17) is 4.42 Å². The van der Waals surface area contributed by atoms with Crippen molar-refractivity contribution in [2.24, 2.45) is 0 Å². The van der Waals surface area contributed by atoms with Crippen LogP contribution in [0.25, 0.3) is 0 Å². The van der Waals surface area contributed by atoms with Gasteiger partial charge in [0.1, 0.15) is 5.76 Å². The number of amides is 1. The third-order valence-electron chi connectivity index (χ3n) is 3.14. The summed E-state index contributed by atoms with van der Waals surface area (Å²) in [5.41, 5.74) is 0. The molecular formula is C13H16N4O2S2. The SMILES string of the molecule is O=C(CSc1nnc(N2CCCC2)s1)NCc1ccco1. The molecule has 1 N–H and O–H groups in total. The summed E-state index contributed by atoms with van der Waals surface area (Å²) in [5.74, 6) is 1.06. The fourth-order valence-electron chi connectivity index (χ4n) is 2.07. The Bertz CT molecular complexity index is 579. The van der Waals surface area contributed by atoms with Gasteiger partial charge in [0.15, 0.2) is 4.34 Å². The maximum absolute atomic E-state index is 11.7. The minimum Gasteiger partial charge on any atom is -0.467 e. The Morgan fingerprint density at radius 2 is 2.29 bits per heavy atom. The Balaban J connectivity index is 1.43. The molecule has 0 aromatic carbocycles. The normalized spacial score (nSPS) is 14.6. The number of thioether (sulfide) groups is 1. The maximum atomic E-state index is 11.7. The van der Waals surface area contributed by atoms with Gasteiger partial charge in [0.05, 0.1) is 18.6 Å². The van der Waals surface area contributed by atoms with Crippen molar-refractivity contribution in [3.05, 3.63) is 24.2 Å². The summed E-state index contributed by atoms with van der Waals surface area (Å²) >= 11 is 2.98. The molecule has 0 radical (unpaired) electrons. The smallest absolute Gasteiger partial charge is 0.230 e. The largest absolute Gasteiger partial charge is 0.467 e. The summed E-state index contributed by atoms with van der Waals surface area (Å²) in [4.78, 5) is 14.0. The van der Waals surface area contributed by atoms with Crippen molar-refractivity contribution in [2.45, 2.75) is 23.7 Å². The average molecular weight is 324 g/mol. The predicted molar refractivity (Wildman–Crippen MR) is 82.6 cm³/mol. The molecule has 0 unspecified atom stereocenters. The summed E-state index contributed by atoms with van der Waals surface area (Å²) in [5, 5.41) is 12.1. The quantitative estimate of drug-likeness (QED) is 0.821. The molecule has 112 valence electrons. The van der Waals surface area contributed by atoms with Gasteiger partial charge >= 0.3 is 0 Å². The Morgan fingerprint density at radius 3 is 3.05 bits per heavy atom. The summed E-state index contributed by atoms with van der Waals surface area (Å²) in [6, 6.07) is 3.64. The third-order valence-corrected chi connectivity index (χ3v) is 5.26. The van der Waals surface area contributed by atoms with Gasteiger partial charge in [-0.15, -0.1) is 10.2 Å². The monoisotopic (exact) mass is 324 g/mol. The molecule has 1 aliphatic heterocycles. The number of anilines is 1. The van der Waals surface area contributed by atoms with E-state index in [0.29, 0.717) is 12.3 Å². The second kappa shape index (κ2) is 6.95. The Hall–Kier alpha value is -1.54. The molecule has 0 bridgehead atoms. The topological polar surface area (TPSA) is 71.3 Å². The highest BCUT2D eigenvalue weighted by molar-refractivity contribution is 8.01. The van der Waals surface area contributed by atoms with Gasteiger partial charge < -0.3 is 14.6 Å². The van der Waals surface area contributed by atoms with Crippen LogP contribution in [0, 0.1) is 0 Å². The fourth-order valence-corrected chi connectivity index (χ4v) is 3.80. The van der Waals surface area contributed by atoms with Gasteiger partial charge in [-0.1, -0.05) is 23.1 Å². The van der Waals surface area contributed by atoms with E-state index < -0.39 is 0 Å². The molecule has 1 aliphatic rings. The molecule has 1 amide bonds.